The zero-order valence-corrected chi connectivity index (χ0v) is 11.9. The van der Waals surface area contributed by atoms with Crippen LogP contribution in [-0.4, -0.2) is 25.0 Å². The van der Waals surface area contributed by atoms with Crippen molar-refractivity contribution in [3.63, 3.8) is 0 Å². The second-order valence-electron chi connectivity index (χ2n) is 4.18. The van der Waals surface area contributed by atoms with Gasteiger partial charge in [-0.25, -0.2) is 4.79 Å². The number of carbonyl (C=O) groups is 2. The molecule has 108 valence electrons. The highest BCUT2D eigenvalue weighted by atomic mass is 16.5. The van der Waals surface area contributed by atoms with E-state index in [1.807, 2.05) is 0 Å². The van der Waals surface area contributed by atoms with Gasteiger partial charge in [0.15, 0.2) is 5.78 Å². The van der Waals surface area contributed by atoms with Gasteiger partial charge in [0.1, 0.15) is 5.75 Å². The van der Waals surface area contributed by atoms with E-state index in [0.717, 1.165) is 24.7 Å². The molecule has 0 fully saturated rings. The number of allylic oxidation sites excluding steroid dienone is 1. The minimum atomic E-state index is -0.514. The molecule has 1 aromatic rings. The number of benzene rings is 1. The smallest absolute Gasteiger partial charge is 0.330 e. The van der Waals surface area contributed by atoms with Gasteiger partial charge in [-0.05, 0) is 43.7 Å². The molecule has 0 heterocycles. The van der Waals surface area contributed by atoms with Gasteiger partial charge in [0.2, 0.25) is 0 Å². The van der Waals surface area contributed by atoms with Gasteiger partial charge in [-0.3, -0.25) is 4.79 Å². The Morgan fingerprint density at radius 1 is 1.10 bits per heavy atom. The molecule has 0 radical (unpaired) electrons. The second kappa shape index (κ2) is 8.91. The Bertz CT molecular complexity index is 460. The van der Waals surface area contributed by atoms with Gasteiger partial charge >= 0.3 is 5.97 Å². The van der Waals surface area contributed by atoms with E-state index in [4.69, 9.17) is 9.47 Å². The highest BCUT2D eigenvalue weighted by Crippen LogP contribution is 2.13. The van der Waals surface area contributed by atoms with Crippen LogP contribution in [0.1, 0.15) is 37.0 Å². The molecule has 0 amide bonds. The van der Waals surface area contributed by atoms with Gasteiger partial charge in [0.05, 0.1) is 13.2 Å². The number of hydrogen-bond acceptors (Lipinski definition) is 4. The van der Waals surface area contributed by atoms with Crippen LogP contribution in [0.3, 0.4) is 0 Å². The normalized spacial score (nSPS) is 10.5. The molecule has 1 aromatic carbocycles. The molecule has 0 spiro atoms. The van der Waals surface area contributed by atoms with E-state index < -0.39 is 5.97 Å². The summed E-state index contributed by atoms with van der Waals surface area (Å²) in [6.07, 6.45) is 4.43. The molecule has 0 aliphatic heterocycles. The number of ketones is 1. The fourth-order valence-electron chi connectivity index (χ4n) is 1.48. The summed E-state index contributed by atoms with van der Waals surface area (Å²) in [5, 5.41) is 0. The Balaban J connectivity index is 2.55. The molecule has 0 bridgehead atoms. The van der Waals surface area contributed by atoms with E-state index in [1.165, 1.54) is 6.08 Å². The van der Waals surface area contributed by atoms with Crippen LogP contribution in [0.2, 0.25) is 0 Å². The predicted octanol–water partition coefficient (Wildman–Crippen LogP) is 3.17. The third-order valence-electron chi connectivity index (χ3n) is 2.56. The van der Waals surface area contributed by atoms with Gasteiger partial charge in [0.25, 0.3) is 0 Å². The van der Waals surface area contributed by atoms with Crippen molar-refractivity contribution in [3.05, 3.63) is 42.0 Å². The summed E-state index contributed by atoms with van der Waals surface area (Å²) >= 11 is 0. The standard InChI is InChI=1S/C16H20O4/c1-3-5-12-20-14-8-6-13(7-9-14)15(17)10-11-16(18)19-4-2/h6-11H,3-5,12H2,1-2H3/b11-10+. The monoisotopic (exact) mass is 276 g/mol. The number of rotatable bonds is 8. The highest BCUT2D eigenvalue weighted by Gasteiger charge is 2.03. The Hall–Kier alpha value is -2.10. The molecule has 20 heavy (non-hydrogen) atoms. The zero-order chi connectivity index (χ0) is 14.8. The Kier molecular flexibility index (Phi) is 7.11. The van der Waals surface area contributed by atoms with Crippen LogP contribution in [0.5, 0.6) is 5.75 Å². The number of unbranched alkanes of at least 4 members (excludes halogenated alkanes) is 1. The first-order chi connectivity index (χ1) is 9.67. The predicted molar refractivity (Wildman–Crippen MR) is 76.9 cm³/mol. The topological polar surface area (TPSA) is 52.6 Å². The van der Waals surface area contributed by atoms with E-state index >= 15 is 0 Å². The van der Waals surface area contributed by atoms with Crippen LogP contribution < -0.4 is 4.74 Å². The van der Waals surface area contributed by atoms with Crippen molar-refractivity contribution in [3.8, 4) is 5.75 Å². The Morgan fingerprint density at radius 3 is 2.40 bits per heavy atom. The summed E-state index contributed by atoms with van der Waals surface area (Å²) in [7, 11) is 0. The Morgan fingerprint density at radius 2 is 1.80 bits per heavy atom. The third-order valence-corrected chi connectivity index (χ3v) is 2.56. The van der Waals surface area contributed by atoms with Gasteiger partial charge in [-0.1, -0.05) is 13.3 Å². The first-order valence-corrected chi connectivity index (χ1v) is 6.79. The van der Waals surface area contributed by atoms with Gasteiger partial charge in [-0.2, -0.15) is 0 Å². The first kappa shape index (κ1) is 16.0. The van der Waals surface area contributed by atoms with Gasteiger partial charge < -0.3 is 9.47 Å². The minimum Gasteiger partial charge on any atom is -0.494 e. The maximum Gasteiger partial charge on any atom is 0.330 e. The summed E-state index contributed by atoms with van der Waals surface area (Å²) in [6, 6.07) is 6.86. The lowest BCUT2D eigenvalue weighted by molar-refractivity contribution is -0.137. The molecule has 1 rings (SSSR count). The third kappa shape index (κ3) is 5.69. The molecule has 0 unspecified atom stereocenters. The van der Waals surface area contributed by atoms with Crippen molar-refractivity contribution in [2.45, 2.75) is 26.7 Å². The summed E-state index contributed by atoms with van der Waals surface area (Å²) < 4.78 is 10.2. The second-order valence-corrected chi connectivity index (χ2v) is 4.18. The van der Waals surface area contributed by atoms with Crippen molar-refractivity contribution in [1.82, 2.24) is 0 Å². The fourth-order valence-corrected chi connectivity index (χ4v) is 1.48. The molecular formula is C16H20O4. The van der Waals surface area contributed by atoms with Gasteiger partial charge in [0, 0.05) is 11.6 Å². The van der Waals surface area contributed by atoms with Crippen molar-refractivity contribution in [1.29, 1.82) is 0 Å². The van der Waals surface area contributed by atoms with Crippen molar-refractivity contribution < 1.29 is 19.1 Å². The lowest BCUT2D eigenvalue weighted by Crippen LogP contribution is -2.02. The summed E-state index contributed by atoms with van der Waals surface area (Å²) in [4.78, 5) is 22.9. The van der Waals surface area contributed by atoms with Crippen LogP contribution in [0.15, 0.2) is 36.4 Å². The average Bonchev–Trinajstić information content (AvgIpc) is 2.46. The number of carbonyl (C=O) groups excluding carboxylic acids is 2. The molecule has 0 aromatic heterocycles. The van der Waals surface area contributed by atoms with Gasteiger partial charge in [-0.15, -0.1) is 0 Å². The van der Waals surface area contributed by atoms with E-state index in [9.17, 15) is 9.59 Å². The van der Waals surface area contributed by atoms with E-state index in [2.05, 4.69) is 6.92 Å². The first-order valence-electron chi connectivity index (χ1n) is 6.79. The maximum absolute atomic E-state index is 11.8. The van der Waals surface area contributed by atoms with E-state index in [-0.39, 0.29) is 5.78 Å². The van der Waals surface area contributed by atoms with Crippen LogP contribution in [0.4, 0.5) is 0 Å². The number of hydrogen-bond donors (Lipinski definition) is 0. The maximum atomic E-state index is 11.8. The fraction of sp³-hybridized carbons (Fsp3) is 0.375. The average molecular weight is 276 g/mol. The molecular weight excluding hydrogens is 256 g/mol. The quantitative estimate of drug-likeness (QED) is 0.317. The SMILES string of the molecule is CCCCOc1ccc(C(=O)/C=C/C(=O)OCC)cc1. The lowest BCUT2D eigenvalue weighted by Gasteiger charge is -2.05. The number of ether oxygens (including phenoxy) is 2. The van der Waals surface area contributed by atoms with Crippen LogP contribution in [0, 0.1) is 0 Å². The van der Waals surface area contributed by atoms with Crippen LogP contribution in [-0.2, 0) is 9.53 Å². The lowest BCUT2D eigenvalue weighted by atomic mass is 10.1. The van der Waals surface area contributed by atoms with E-state index in [0.29, 0.717) is 18.8 Å². The minimum absolute atomic E-state index is 0.238. The van der Waals surface area contributed by atoms with Crippen molar-refractivity contribution >= 4 is 11.8 Å². The molecule has 4 heteroatoms. The van der Waals surface area contributed by atoms with E-state index in [1.54, 1.807) is 31.2 Å². The number of esters is 1. The molecule has 0 N–H and O–H groups in total. The summed E-state index contributed by atoms with van der Waals surface area (Å²) in [5.74, 6) is -0.0112. The molecule has 0 aliphatic rings. The molecule has 0 saturated carbocycles. The summed E-state index contributed by atoms with van der Waals surface area (Å²) in [6.45, 7) is 4.78. The molecule has 4 nitrogen and oxygen atoms in total. The molecule has 0 saturated heterocycles. The van der Waals surface area contributed by atoms with Crippen LogP contribution >= 0.6 is 0 Å². The van der Waals surface area contributed by atoms with Crippen molar-refractivity contribution in [2.24, 2.45) is 0 Å². The molecule has 0 atom stereocenters. The zero-order valence-electron chi connectivity index (χ0n) is 11.9. The Labute approximate surface area is 119 Å². The highest BCUT2D eigenvalue weighted by molar-refractivity contribution is 6.07. The van der Waals surface area contributed by atoms with Crippen LogP contribution in [0.25, 0.3) is 0 Å². The largest absolute Gasteiger partial charge is 0.494 e. The van der Waals surface area contributed by atoms with Crippen molar-refractivity contribution in [2.75, 3.05) is 13.2 Å². The molecule has 0 aliphatic carbocycles. The summed E-state index contributed by atoms with van der Waals surface area (Å²) in [5.41, 5.74) is 0.508.